The highest BCUT2D eigenvalue weighted by molar-refractivity contribution is 4.79. The van der Waals surface area contributed by atoms with Gasteiger partial charge in [-0.2, -0.15) is 0 Å². The van der Waals surface area contributed by atoms with Gasteiger partial charge in [0.25, 0.3) is 0 Å². The highest BCUT2D eigenvalue weighted by Crippen LogP contribution is 2.08. The van der Waals surface area contributed by atoms with Crippen LogP contribution in [0, 0.1) is 0 Å². The first kappa shape index (κ1) is 64.4. The van der Waals surface area contributed by atoms with E-state index in [1.165, 1.54) is 12.8 Å². The van der Waals surface area contributed by atoms with Crippen LogP contribution in [0.3, 0.4) is 0 Å². The molecule has 2 fully saturated rings. The number of aliphatic hydroxyl groups is 3. The van der Waals surface area contributed by atoms with E-state index in [0.29, 0.717) is 98.8 Å². The molecule has 412 valence electrons. The first-order valence-electron chi connectivity index (χ1n) is 28.1. The van der Waals surface area contributed by atoms with Gasteiger partial charge in [0.15, 0.2) is 0 Å². The Kier molecular flexibility index (Phi) is 41.8. The van der Waals surface area contributed by atoms with Gasteiger partial charge < -0.3 is 68.4 Å². The zero-order valence-electron chi connectivity index (χ0n) is 45.7. The van der Waals surface area contributed by atoms with E-state index in [-0.39, 0.29) is 6.61 Å². The van der Waals surface area contributed by atoms with Gasteiger partial charge in [-0.1, -0.05) is 41.5 Å². The Morgan fingerprint density at radius 3 is 0.957 bits per heavy atom. The summed E-state index contributed by atoms with van der Waals surface area (Å²) in [6.07, 6.45) is 5.78. The normalized spacial score (nSPS) is 20.1. The standard InChI is InChI=1S/C52H111N9O8/c1-7-14-54-22-21-53(12-6)19-13-20-59(32-29-56(16-9-3)26-23-54)47-51(63)49-61(35-37-65-39-41-67-43-45-69-46-44-68-42-40-66-38-36-62)50-52(64)48-60-33-30-57(17-10-4)27-24-55(15-8-2)25-28-58(18-11-5)31-34-60/h51-52,62-64H,7-50H2,1-6H3. The summed E-state index contributed by atoms with van der Waals surface area (Å²) in [5, 5.41) is 32.6. The average Bonchev–Trinajstić information content (AvgIpc) is 3.34. The summed E-state index contributed by atoms with van der Waals surface area (Å²) in [6.45, 7) is 44.6. The van der Waals surface area contributed by atoms with Crippen LogP contribution in [0.15, 0.2) is 0 Å². The van der Waals surface area contributed by atoms with E-state index >= 15 is 0 Å². The number of likely N-dealkylation sites (N-methyl/N-ethyl adjacent to an activating group) is 1. The predicted octanol–water partition coefficient (Wildman–Crippen LogP) is 1.99. The van der Waals surface area contributed by atoms with Gasteiger partial charge in [0.2, 0.25) is 0 Å². The van der Waals surface area contributed by atoms with Crippen molar-refractivity contribution in [2.24, 2.45) is 0 Å². The lowest BCUT2D eigenvalue weighted by Gasteiger charge is -2.35. The molecule has 0 bridgehead atoms. The molecule has 0 aromatic heterocycles. The molecule has 3 N–H and O–H groups in total. The van der Waals surface area contributed by atoms with Gasteiger partial charge in [-0.25, -0.2) is 0 Å². The first-order valence-corrected chi connectivity index (χ1v) is 28.1. The summed E-state index contributed by atoms with van der Waals surface area (Å²) in [7, 11) is 0. The predicted molar refractivity (Wildman–Crippen MR) is 283 cm³/mol. The molecule has 2 heterocycles. The minimum atomic E-state index is -0.557. The van der Waals surface area contributed by atoms with E-state index in [1.807, 2.05) is 0 Å². The highest BCUT2D eigenvalue weighted by Gasteiger charge is 2.23. The average molecular weight is 991 g/mol. The van der Waals surface area contributed by atoms with E-state index in [9.17, 15) is 10.2 Å². The minimum absolute atomic E-state index is 0.0186. The largest absolute Gasteiger partial charge is 0.394 e. The van der Waals surface area contributed by atoms with E-state index in [4.69, 9.17) is 28.8 Å². The van der Waals surface area contributed by atoms with Crippen molar-refractivity contribution >= 4 is 0 Å². The lowest BCUT2D eigenvalue weighted by molar-refractivity contribution is -0.0168. The monoisotopic (exact) mass is 990 g/mol. The fourth-order valence-corrected chi connectivity index (χ4v) is 9.58. The smallest absolute Gasteiger partial charge is 0.0793 e. The molecule has 2 atom stereocenters. The molecule has 2 rings (SSSR count). The van der Waals surface area contributed by atoms with Crippen molar-refractivity contribution in [3.8, 4) is 0 Å². The quantitative estimate of drug-likeness (QED) is 0.0790. The molecule has 0 aliphatic carbocycles. The van der Waals surface area contributed by atoms with Gasteiger partial charge in [0.05, 0.1) is 84.9 Å². The van der Waals surface area contributed by atoms with Crippen LogP contribution in [0.2, 0.25) is 0 Å². The molecule has 2 unspecified atom stereocenters. The van der Waals surface area contributed by atoms with Crippen molar-refractivity contribution in [3.05, 3.63) is 0 Å². The highest BCUT2D eigenvalue weighted by atomic mass is 16.6. The number of aliphatic hydroxyl groups excluding tert-OH is 3. The van der Waals surface area contributed by atoms with Crippen LogP contribution in [0.4, 0.5) is 0 Å². The molecule has 17 nitrogen and oxygen atoms in total. The summed E-state index contributed by atoms with van der Waals surface area (Å²) in [6, 6.07) is 0. The minimum Gasteiger partial charge on any atom is -0.394 e. The lowest BCUT2D eigenvalue weighted by Crippen LogP contribution is -2.50. The fourth-order valence-electron chi connectivity index (χ4n) is 9.58. The van der Waals surface area contributed by atoms with Gasteiger partial charge in [-0.05, 0) is 90.9 Å². The van der Waals surface area contributed by atoms with Crippen LogP contribution < -0.4 is 0 Å². The van der Waals surface area contributed by atoms with Gasteiger partial charge in [-0.3, -0.25) is 14.7 Å². The number of ether oxygens (including phenoxy) is 5. The van der Waals surface area contributed by atoms with Crippen LogP contribution in [0.25, 0.3) is 0 Å². The van der Waals surface area contributed by atoms with Crippen LogP contribution in [-0.2, 0) is 23.7 Å². The third-order valence-electron chi connectivity index (χ3n) is 13.4. The Balaban J connectivity index is 2.09. The van der Waals surface area contributed by atoms with Crippen molar-refractivity contribution in [1.82, 2.24) is 44.1 Å². The topological polar surface area (TPSA) is 136 Å². The van der Waals surface area contributed by atoms with Crippen molar-refractivity contribution in [2.45, 2.75) is 92.3 Å². The van der Waals surface area contributed by atoms with E-state index in [2.05, 4.69) is 85.6 Å². The first-order chi connectivity index (χ1) is 33.8. The molecule has 2 aliphatic heterocycles. The van der Waals surface area contributed by atoms with Crippen LogP contribution >= 0.6 is 0 Å². The number of hydrogen-bond donors (Lipinski definition) is 3. The molecule has 0 aromatic carbocycles. The van der Waals surface area contributed by atoms with Crippen molar-refractivity contribution in [2.75, 3.05) is 249 Å². The zero-order chi connectivity index (χ0) is 50.0. The SMILES string of the molecule is CCCN1CCN(CC)CCCN(CC(O)CN(CCOCCOCCOCCOCCOCCO)CC(O)CN2CCN(CCC)CCN(CCC)CCN(CCC)CC2)CCN(CCC)CC1. The summed E-state index contributed by atoms with van der Waals surface area (Å²) >= 11 is 0. The van der Waals surface area contributed by atoms with Gasteiger partial charge in [0.1, 0.15) is 0 Å². The van der Waals surface area contributed by atoms with Gasteiger partial charge in [-0.15, -0.1) is 0 Å². The van der Waals surface area contributed by atoms with Crippen LogP contribution in [0.1, 0.15) is 80.1 Å². The molecule has 2 aliphatic rings. The Bertz CT molecular complexity index is 1090. The maximum atomic E-state index is 11.9. The summed E-state index contributed by atoms with van der Waals surface area (Å²) in [5.41, 5.74) is 0. The van der Waals surface area contributed by atoms with Crippen molar-refractivity contribution < 1.29 is 39.0 Å². The van der Waals surface area contributed by atoms with Crippen LogP contribution in [0.5, 0.6) is 0 Å². The number of hydrogen-bond acceptors (Lipinski definition) is 17. The van der Waals surface area contributed by atoms with Gasteiger partial charge >= 0.3 is 0 Å². The third-order valence-corrected chi connectivity index (χ3v) is 13.4. The molecule has 0 radical (unpaired) electrons. The van der Waals surface area contributed by atoms with Gasteiger partial charge in [0, 0.05) is 124 Å². The lowest BCUT2D eigenvalue weighted by atomic mass is 10.2. The summed E-state index contributed by atoms with van der Waals surface area (Å²) < 4.78 is 28.2. The van der Waals surface area contributed by atoms with Crippen molar-refractivity contribution in [3.63, 3.8) is 0 Å². The number of β-amino-alcohol motifs (C(OH)–C–C–N with tert-alkyl or cyclic N) is 2. The van der Waals surface area contributed by atoms with E-state index < -0.39 is 12.2 Å². The molecule has 0 aromatic rings. The molecule has 69 heavy (non-hydrogen) atoms. The molecule has 0 amide bonds. The van der Waals surface area contributed by atoms with E-state index in [0.717, 1.165) is 170 Å². The van der Waals surface area contributed by atoms with E-state index in [1.54, 1.807) is 0 Å². The van der Waals surface area contributed by atoms with Crippen LogP contribution in [-0.4, -0.2) is 321 Å². The maximum Gasteiger partial charge on any atom is 0.0793 e. The summed E-state index contributed by atoms with van der Waals surface area (Å²) in [4.78, 5) is 23.0. The second-order valence-electron chi connectivity index (χ2n) is 19.4. The number of rotatable bonds is 36. The fraction of sp³-hybridized carbons (Fsp3) is 1.00. The second-order valence-corrected chi connectivity index (χ2v) is 19.4. The molecule has 17 heteroatoms. The zero-order valence-corrected chi connectivity index (χ0v) is 45.7. The third kappa shape index (κ3) is 34.4. The molecule has 0 spiro atoms. The Labute approximate surface area is 423 Å². The molecule has 2 saturated heterocycles. The maximum absolute atomic E-state index is 11.9. The Morgan fingerprint density at radius 1 is 0.362 bits per heavy atom. The second kappa shape index (κ2) is 44.8. The molecular weight excluding hydrogens is 879 g/mol. The molecule has 0 saturated carbocycles. The number of nitrogens with zero attached hydrogens (tertiary/aromatic N) is 9. The molecular formula is C52H111N9O8. The summed E-state index contributed by atoms with van der Waals surface area (Å²) in [5.74, 6) is 0. The Hall–Kier alpha value is -0.680. The van der Waals surface area contributed by atoms with Crippen molar-refractivity contribution in [1.29, 1.82) is 0 Å². The Morgan fingerprint density at radius 2 is 0.638 bits per heavy atom.